The summed E-state index contributed by atoms with van der Waals surface area (Å²) in [4.78, 5) is 18.7. The third kappa shape index (κ3) is 3.37. The van der Waals surface area contributed by atoms with Gasteiger partial charge in [-0.1, -0.05) is 0 Å². The molecule has 0 saturated carbocycles. The summed E-state index contributed by atoms with van der Waals surface area (Å²) in [6.45, 7) is 3.18. The zero-order chi connectivity index (χ0) is 15.3. The molecule has 1 aromatic rings. The molecule has 2 heterocycles. The van der Waals surface area contributed by atoms with Crippen LogP contribution in [0.2, 0.25) is 0 Å². The van der Waals surface area contributed by atoms with Crippen LogP contribution in [0.15, 0.2) is 6.33 Å². The van der Waals surface area contributed by atoms with Crippen LogP contribution < -0.4 is 10.6 Å². The lowest BCUT2D eigenvalue weighted by molar-refractivity contribution is -0.383. The summed E-state index contributed by atoms with van der Waals surface area (Å²) < 4.78 is 5.27. The summed E-state index contributed by atoms with van der Waals surface area (Å²) in [7, 11) is 0. The third-order valence-corrected chi connectivity index (χ3v) is 3.49. The second-order valence-corrected chi connectivity index (χ2v) is 4.88. The Morgan fingerprint density at radius 1 is 1.43 bits per heavy atom. The van der Waals surface area contributed by atoms with E-state index in [9.17, 15) is 15.2 Å². The molecule has 0 aromatic carbocycles. The van der Waals surface area contributed by atoms with Gasteiger partial charge in [-0.15, -0.1) is 0 Å². The minimum absolute atomic E-state index is 0.113. The fourth-order valence-corrected chi connectivity index (χ4v) is 2.28. The lowest BCUT2D eigenvalue weighted by Crippen LogP contribution is -2.47. The average Bonchev–Trinajstić information content (AvgIpc) is 2.48. The van der Waals surface area contributed by atoms with Crippen molar-refractivity contribution in [2.45, 2.75) is 25.3 Å². The van der Waals surface area contributed by atoms with E-state index in [4.69, 9.17) is 4.74 Å². The largest absolute Gasteiger partial charge is 0.394 e. The van der Waals surface area contributed by atoms with Crippen LogP contribution in [0.1, 0.15) is 19.8 Å². The highest BCUT2D eigenvalue weighted by atomic mass is 16.6. The highest BCUT2D eigenvalue weighted by molar-refractivity contribution is 5.69. The van der Waals surface area contributed by atoms with Crippen molar-refractivity contribution in [3.63, 3.8) is 0 Å². The molecule has 9 nitrogen and oxygen atoms in total. The van der Waals surface area contributed by atoms with Gasteiger partial charge in [0.05, 0.1) is 17.1 Å². The van der Waals surface area contributed by atoms with Gasteiger partial charge < -0.3 is 20.5 Å². The summed E-state index contributed by atoms with van der Waals surface area (Å²) in [5, 5.41) is 26.8. The number of hydrogen-bond donors (Lipinski definition) is 3. The van der Waals surface area contributed by atoms with Crippen LogP contribution >= 0.6 is 0 Å². The Bertz CT molecular complexity index is 504. The van der Waals surface area contributed by atoms with Crippen LogP contribution in [-0.4, -0.2) is 51.9 Å². The van der Waals surface area contributed by atoms with E-state index in [2.05, 4.69) is 20.6 Å². The van der Waals surface area contributed by atoms with Crippen LogP contribution in [0.25, 0.3) is 0 Å². The molecule has 1 saturated heterocycles. The second-order valence-electron chi connectivity index (χ2n) is 4.88. The zero-order valence-corrected chi connectivity index (χ0v) is 11.8. The highest BCUT2D eigenvalue weighted by Crippen LogP contribution is 2.33. The molecule has 0 unspecified atom stereocenters. The van der Waals surface area contributed by atoms with Crippen molar-refractivity contribution in [2.24, 2.45) is 0 Å². The first kappa shape index (κ1) is 15.4. The first-order valence-corrected chi connectivity index (χ1v) is 6.82. The molecule has 1 aromatic heterocycles. The minimum Gasteiger partial charge on any atom is -0.394 e. The van der Waals surface area contributed by atoms with Crippen LogP contribution in [-0.2, 0) is 4.74 Å². The van der Waals surface area contributed by atoms with Crippen molar-refractivity contribution < 1.29 is 14.8 Å². The first-order valence-electron chi connectivity index (χ1n) is 6.82. The van der Waals surface area contributed by atoms with Gasteiger partial charge in [-0.3, -0.25) is 10.1 Å². The van der Waals surface area contributed by atoms with Crippen LogP contribution in [0.4, 0.5) is 17.3 Å². The maximum absolute atomic E-state index is 11.3. The molecule has 0 amide bonds. The quantitative estimate of drug-likeness (QED) is 0.520. The van der Waals surface area contributed by atoms with Crippen molar-refractivity contribution in [1.82, 2.24) is 9.97 Å². The Morgan fingerprint density at radius 3 is 2.67 bits per heavy atom. The monoisotopic (exact) mass is 297 g/mol. The summed E-state index contributed by atoms with van der Waals surface area (Å²) in [6.07, 6.45) is 2.38. The summed E-state index contributed by atoms with van der Waals surface area (Å²) >= 11 is 0. The molecule has 0 radical (unpaired) electrons. The summed E-state index contributed by atoms with van der Waals surface area (Å²) in [5.41, 5.74) is -0.862. The molecule has 0 bridgehead atoms. The predicted octanol–water partition coefficient (Wildman–Crippen LogP) is 0.770. The van der Waals surface area contributed by atoms with Gasteiger partial charge in [0.1, 0.15) is 6.33 Å². The number of aromatic nitrogens is 2. The van der Waals surface area contributed by atoms with E-state index in [-0.39, 0.29) is 23.9 Å². The molecule has 1 aliphatic rings. The number of ether oxygens (including phenoxy) is 1. The van der Waals surface area contributed by atoms with Crippen molar-refractivity contribution in [1.29, 1.82) is 0 Å². The molecule has 3 N–H and O–H groups in total. The van der Waals surface area contributed by atoms with Crippen molar-refractivity contribution >= 4 is 17.3 Å². The van der Waals surface area contributed by atoms with E-state index in [1.165, 1.54) is 6.33 Å². The van der Waals surface area contributed by atoms with Gasteiger partial charge in [0.15, 0.2) is 0 Å². The highest BCUT2D eigenvalue weighted by Gasteiger charge is 2.35. The molecule has 0 aliphatic carbocycles. The molecule has 1 aliphatic heterocycles. The van der Waals surface area contributed by atoms with E-state index < -0.39 is 10.5 Å². The fraction of sp³-hybridized carbons (Fsp3) is 0.667. The molecule has 0 atom stereocenters. The van der Waals surface area contributed by atoms with Gasteiger partial charge in [-0.25, -0.2) is 9.97 Å². The number of aliphatic hydroxyl groups is 1. The number of nitrogens with one attached hydrogen (secondary N) is 2. The molecule has 0 spiro atoms. The smallest absolute Gasteiger partial charge is 0.353 e. The molecule has 116 valence electrons. The molecule has 2 rings (SSSR count). The number of rotatable bonds is 6. The maximum Gasteiger partial charge on any atom is 0.353 e. The Labute approximate surface area is 121 Å². The normalized spacial score (nSPS) is 17.2. The standard InChI is InChI=1S/C12H19N5O4/c1-2-13-10-9(17(19)20)11(15-8-14-10)16-12(7-18)3-5-21-6-4-12/h8,18H,2-7H2,1H3,(H2,13,14,15,16). The molecule has 9 heteroatoms. The van der Waals surface area contributed by atoms with Crippen molar-refractivity contribution in [3.8, 4) is 0 Å². The summed E-state index contributed by atoms with van der Waals surface area (Å²) in [5.74, 6) is 0.280. The zero-order valence-electron chi connectivity index (χ0n) is 11.8. The summed E-state index contributed by atoms with van der Waals surface area (Å²) in [6, 6.07) is 0. The Hall–Kier alpha value is -2.00. The lowest BCUT2D eigenvalue weighted by Gasteiger charge is -2.36. The van der Waals surface area contributed by atoms with Crippen molar-refractivity contribution in [2.75, 3.05) is 37.0 Å². The van der Waals surface area contributed by atoms with E-state index in [1.54, 1.807) is 0 Å². The van der Waals surface area contributed by atoms with E-state index in [1.807, 2.05) is 6.92 Å². The lowest BCUT2D eigenvalue weighted by atomic mass is 9.91. The molecular formula is C12H19N5O4. The molecule has 21 heavy (non-hydrogen) atoms. The van der Waals surface area contributed by atoms with E-state index in [0.717, 1.165) is 0 Å². The number of hydrogen-bond acceptors (Lipinski definition) is 8. The second kappa shape index (κ2) is 6.64. The molecular weight excluding hydrogens is 278 g/mol. The molecule has 1 fully saturated rings. The van der Waals surface area contributed by atoms with Gasteiger partial charge in [0.25, 0.3) is 0 Å². The minimum atomic E-state index is -0.652. The third-order valence-electron chi connectivity index (χ3n) is 3.49. The number of aliphatic hydroxyl groups excluding tert-OH is 1. The van der Waals surface area contributed by atoms with Crippen molar-refractivity contribution in [3.05, 3.63) is 16.4 Å². The van der Waals surface area contributed by atoms with Crippen LogP contribution in [0.5, 0.6) is 0 Å². The van der Waals surface area contributed by atoms with Gasteiger partial charge in [-0.2, -0.15) is 0 Å². The van der Waals surface area contributed by atoms with E-state index in [0.29, 0.717) is 32.6 Å². The van der Waals surface area contributed by atoms with E-state index >= 15 is 0 Å². The number of anilines is 2. The van der Waals surface area contributed by atoms with Gasteiger partial charge >= 0.3 is 5.69 Å². The Morgan fingerprint density at radius 2 is 2.10 bits per heavy atom. The first-order chi connectivity index (χ1) is 10.1. The Kier molecular flexibility index (Phi) is 4.86. The topological polar surface area (TPSA) is 122 Å². The SMILES string of the molecule is CCNc1ncnc(NC2(CO)CCOCC2)c1[N+](=O)[O-]. The Balaban J connectivity index is 2.34. The van der Waals surface area contributed by atoms with Gasteiger partial charge in [0.2, 0.25) is 11.6 Å². The van der Waals surface area contributed by atoms with Gasteiger partial charge in [-0.05, 0) is 19.8 Å². The number of nitro groups is 1. The van der Waals surface area contributed by atoms with Gasteiger partial charge in [0, 0.05) is 19.8 Å². The fourth-order valence-electron chi connectivity index (χ4n) is 2.28. The van der Waals surface area contributed by atoms with Crippen LogP contribution in [0.3, 0.4) is 0 Å². The maximum atomic E-state index is 11.3. The average molecular weight is 297 g/mol. The number of nitrogens with zero attached hydrogens (tertiary/aromatic N) is 3. The predicted molar refractivity (Wildman–Crippen MR) is 76.3 cm³/mol. The van der Waals surface area contributed by atoms with Crippen LogP contribution in [0, 0.1) is 10.1 Å².